The van der Waals surface area contributed by atoms with Gasteiger partial charge in [0.05, 0.1) is 10.9 Å². The maximum Gasteiger partial charge on any atom is 0.311 e. The lowest BCUT2D eigenvalue weighted by atomic mass is 9.90. The first-order chi connectivity index (χ1) is 11.0. The molecule has 1 saturated heterocycles. The van der Waals surface area contributed by atoms with Gasteiger partial charge in [0.15, 0.2) is 0 Å². The minimum absolute atomic E-state index is 0.164. The molecule has 0 aliphatic carbocycles. The molecule has 5 heteroatoms. The van der Waals surface area contributed by atoms with Crippen molar-refractivity contribution in [2.24, 2.45) is 5.41 Å². The Labute approximate surface area is 134 Å². The third kappa shape index (κ3) is 2.95. The predicted molar refractivity (Wildman–Crippen MR) is 87.7 cm³/mol. The summed E-state index contributed by atoms with van der Waals surface area (Å²) in [7, 11) is 0. The highest BCUT2D eigenvalue weighted by Crippen LogP contribution is 2.30. The van der Waals surface area contributed by atoms with Gasteiger partial charge in [-0.3, -0.25) is 14.6 Å². The van der Waals surface area contributed by atoms with Crippen molar-refractivity contribution in [1.29, 1.82) is 0 Å². The number of carboxylic acid groups (broad SMARTS) is 1. The second-order valence-corrected chi connectivity index (χ2v) is 6.13. The Morgan fingerprint density at radius 3 is 2.83 bits per heavy atom. The van der Waals surface area contributed by atoms with E-state index >= 15 is 0 Å². The number of carbonyl (C=O) groups is 2. The molecule has 2 aromatic rings. The summed E-state index contributed by atoms with van der Waals surface area (Å²) in [4.78, 5) is 29.5. The van der Waals surface area contributed by atoms with Gasteiger partial charge in [-0.2, -0.15) is 0 Å². The molecule has 1 aromatic carbocycles. The van der Waals surface area contributed by atoms with E-state index < -0.39 is 11.4 Å². The van der Waals surface area contributed by atoms with Gasteiger partial charge < -0.3 is 10.0 Å². The Kier molecular flexibility index (Phi) is 3.86. The summed E-state index contributed by atoms with van der Waals surface area (Å²) in [5, 5.41) is 10.2. The molecule has 0 radical (unpaired) electrons. The zero-order chi connectivity index (χ0) is 16.4. The van der Waals surface area contributed by atoms with Crippen LogP contribution < -0.4 is 0 Å². The molecule has 1 fully saturated rings. The maximum atomic E-state index is 12.3. The minimum atomic E-state index is -0.852. The standard InChI is InChI=1S/C18H18N2O3/c1-18(17(22)23)9-11-20(12-18)15(21)8-7-14-5-2-4-13-6-3-10-19-16(13)14/h2-8,10H,9,11-12H2,1H3,(H,22,23). The highest BCUT2D eigenvalue weighted by atomic mass is 16.4. The quantitative estimate of drug-likeness (QED) is 0.885. The largest absolute Gasteiger partial charge is 0.481 e. The van der Waals surface area contributed by atoms with Crippen LogP contribution in [-0.2, 0) is 9.59 Å². The van der Waals surface area contributed by atoms with Crippen molar-refractivity contribution in [3.8, 4) is 0 Å². The van der Waals surface area contributed by atoms with E-state index in [0.717, 1.165) is 16.5 Å². The van der Waals surface area contributed by atoms with E-state index in [0.29, 0.717) is 13.0 Å². The van der Waals surface area contributed by atoms with E-state index in [2.05, 4.69) is 4.98 Å². The molecule has 1 aromatic heterocycles. The van der Waals surface area contributed by atoms with E-state index in [1.165, 1.54) is 6.08 Å². The van der Waals surface area contributed by atoms with Crippen LogP contribution >= 0.6 is 0 Å². The predicted octanol–water partition coefficient (Wildman–Crippen LogP) is 2.57. The van der Waals surface area contributed by atoms with Crippen LogP contribution in [0.25, 0.3) is 17.0 Å². The average molecular weight is 310 g/mol. The number of likely N-dealkylation sites (tertiary alicyclic amines) is 1. The summed E-state index contributed by atoms with van der Waals surface area (Å²) >= 11 is 0. The highest BCUT2D eigenvalue weighted by molar-refractivity contribution is 5.96. The monoisotopic (exact) mass is 310 g/mol. The van der Waals surface area contributed by atoms with Crippen molar-refractivity contribution in [2.45, 2.75) is 13.3 Å². The molecule has 0 bridgehead atoms. The summed E-state index contributed by atoms with van der Waals surface area (Å²) in [6.45, 7) is 2.40. The number of carbonyl (C=O) groups excluding carboxylic acids is 1. The smallest absolute Gasteiger partial charge is 0.311 e. The Morgan fingerprint density at radius 1 is 1.30 bits per heavy atom. The summed E-state index contributed by atoms with van der Waals surface area (Å²) in [6.07, 6.45) is 5.45. The maximum absolute atomic E-state index is 12.3. The van der Waals surface area contributed by atoms with Gasteiger partial charge in [0.2, 0.25) is 5.91 Å². The Morgan fingerprint density at radius 2 is 2.09 bits per heavy atom. The number of fused-ring (bicyclic) bond motifs is 1. The second-order valence-electron chi connectivity index (χ2n) is 6.13. The van der Waals surface area contributed by atoms with Crippen molar-refractivity contribution in [3.63, 3.8) is 0 Å². The van der Waals surface area contributed by atoms with Gasteiger partial charge in [0, 0.05) is 36.3 Å². The van der Waals surface area contributed by atoms with E-state index in [-0.39, 0.29) is 12.5 Å². The topological polar surface area (TPSA) is 70.5 Å². The number of pyridine rings is 1. The highest BCUT2D eigenvalue weighted by Gasteiger charge is 2.41. The normalized spacial score (nSPS) is 21.2. The zero-order valence-electron chi connectivity index (χ0n) is 12.9. The summed E-state index contributed by atoms with van der Waals surface area (Å²) in [6, 6.07) is 9.65. The minimum Gasteiger partial charge on any atom is -0.481 e. The SMILES string of the molecule is CC1(C(=O)O)CCN(C(=O)C=Cc2cccc3cccnc23)C1. The number of aromatic nitrogens is 1. The molecule has 3 rings (SSSR count). The van der Waals surface area contributed by atoms with E-state index in [1.807, 2.05) is 30.3 Å². The Balaban J connectivity index is 1.78. The fraction of sp³-hybridized carbons (Fsp3) is 0.278. The third-order valence-corrected chi connectivity index (χ3v) is 4.37. The number of amides is 1. The molecule has 0 saturated carbocycles. The third-order valence-electron chi connectivity index (χ3n) is 4.37. The average Bonchev–Trinajstić information content (AvgIpc) is 2.96. The summed E-state index contributed by atoms with van der Waals surface area (Å²) in [5.74, 6) is -1.02. The molecular formula is C18H18N2O3. The van der Waals surface area contributed by atoms with Gasteiger partial charge in [-0.15, -0.1) is 0 Å². The molecule has 1 atom stereocenters. The zero-order valence-corrected chi connectivity index (χ0v) is 12.9. The molecule has 1 amide bonds. The van der Waals surface area contributed by atoms with Crippen LogP contribution in [-0.4, -0.2) is 40.0 Å². The number of aliphatic carboxylic acids is 1. The number of para-hydroxylation sites is 1. The van der Waals surface area contributed by atoms with Crippen molar-refractivity contribution in [3.05, 3.63) is 48.2 Å². The van der Waals surface area contributed by atoms with Gasteiger partial charge in [-0.05, 0) is 25.5 Å². The van der Waals surface area contributed by atoms with Gasteiger partial charge in [-0.1, -0.05) is 24.3 Å². The van der Waals surface area contributed by atoms with Gasteiger partial charge in [-0.25, -0.2) is 0 Å². The number of nitrogens with zero attached hydrogens (tertiary/aromatic N) is 2. The molecule has 118 valence electrons. The molecule has 0 spiro atoms. The fourth-order valence-electron chi connectivity index (χ4n) is 2.85. The number of carboxylic acids is 1. The molecule has 1 aliphatic heterocycles. The van der Waals surface area contributed by atoms with Crippen LogP contribution in [0.2, 0.25) is 0 Å². The number of hydrogen-bond donors (Lipinski definition) is 1. The van der Waals surface area contributed by atoms with Crippen LogP contribution in [0.15, 0.2) is 42.6 Å². The van der Waals surface area contributed by atoms with Gasteiger partial charge in [0.1, 0.15) is 0 Å². The van der Waals surface area contributed by atoms with E-state index in [9.17, 15) is 14.7 Å². The lowest BCUT2D eigenvalue weighted by Gasteiger charge is -2.19. The van der Waals surface area contributed by atoms with Gasteiger partial charge in [0.25, 0.3) is 0 Å². The van der Waals surface area contributed by atoms with Crippen molar-refractivity contribution in [1.82, 2.24) is 9.88 Å². The molecule has 5 nitrogen and oxygen atoms in total. The number of benzene rings is 1. The van der Waals surface area contributed by atoms with Crippen LogP contribution in [0.4, 0.5) is 0 Å². The molecular weight excluding hydrogens is 292 g/mol. The van der Waals surface area contributed by atoms with Crippen molar-refractivity contribution in [2.75, 3.05) is 13.1 Å². The first-order valence-corrected chi connectivity index (χ1v) is 7.54. The van der Waals surface area contributed by atoms with Crippen LogP contribution in [0, 0.1) is 5.41 Å². The number of hydrogen-bond acceptors (Lipinski definition) is 3. The van der Waals surface area contributed by atoms with E-state index in [1.54, 1.807) is 24.1 Å². The van der Waals surface area contributed by atoms with Crippen molar-refractivity contribution >= 4 is 28.9 Å². The lowest BCUT2D eigenvalue weighted by Crippen LogP contribution is -2.34. The molecule has 2 heterocycles. The first kappa shape index (κ1) is 15.2. The van der Waals surface area contributed by atoms with Crippen LogP contribution in [0.3, 0.4) is 0 Å². The molecule has 1 aliphatic rings. The lowest BCUT2D eigenvalue weighted by molar-refractivity contribution is -0.147. The Bertz CT molecular complexity index is 794. The summed E-state index contributed by atoms with van der Waals surface area (Å²) in [5.41, 5.74) is 0.873. The van der Waals surface area contributed by atoms with Crippen LogP contribution in [0.5, 0.6) is 0 Å². The molecule has 1 unspecified atom stereocenters. The molecule has 23 heavy (non-hydrogen) atoms. The van der Waals surface area contributed by atoms with E-state index in [4.69, 9.17) is 0 Å². The summed E-state index contributed by atoms with van der Waals surface area (Å²) < 4.78 is 0. The Hall–Kier alpha value is -2.69. The molecule has 1 N–H and O–H groups in total. The van der Waals surface area contributed by atoms with Crippen molar-refractivity contribution < 1.29 is 14.7 Å². The fourth-order valence-corrected chi connectivity index (χ4v) is 2.85. The number of rotatable bonds is 3. The second kappa shape index (κ2) is 5.83. The first-order valence-electron chi connectivity index (χ1n) is 7.54. The van der Waals surface area contributed by atoms with Crippen LogP contribution in [0.1, 0.15) is 18.9 Å². The van der Waals surface area contributed by atoms with Gasteiger partial charge >= 0.3 is 5.97 Å².